The number of sulfonamides is 1. The molecule has 2 unspecified atom stereocenters. The van der Waals surface area contributed by atoms with Crippen molar-refractivity contribution in [2.75, 3.05) is 18.5 Å². The third-order valence-electron chi connectivity index (χ3n) is 5.40. The summed E-state index contributed by atoms with van der Waals surface area (Å²) in [5.74, 6) is 0.302. The van der Waals surface area contributed by atoms with Gasteiger partial charge in [0.2, 0.25) is 11.3 Å². The Morgan fingerprint density at radius 3 is 3.00 bits per heavy atom. The summed E-state index contributed by atoms with van der Waals surface area (Å²) in [5, 5.41) is 24.5. The minimum atomic E-state index is -3.98. The lowest BCUT2D eigenvalue weighted by molar-refractivity contribution is 0.213. The van der Waals surface area contributed by atoms with Crippen molar-refractivity contribution in [3.8, 4) is 5.75 Å². The van der Waals surface area contributed by atoms with Gasteiger partial charge in [-0.15, -0.1) is 15.7 Å². The molecule has 3 atom stereocenters. The normalized spacial score (nSPS) is 19.3. The van der Waals surface area contributed by atoms with Crippen LogP contribution in [0.15, 0.2) is 31.3 Å². The molecular formula is C19H25N5O6S3. The lowest BCUT2D eigenvalue weighted by atomic mass is 10.1. The van der Waals surface area contributed by atoms with Gasteiger partial charge >= 0.3 is 0 Å². The second-order valence-electron chi connectivity index (χ2n) is 7.72. The fourth-order valence-electron chi connectivity index (χ4n) is 3.74. The van der Waals surface area contributed by atoms with Crippen LogP contribution >= 0.6 is 22.5 Å². The molecule has 1 saturated heterocycles. The van der Waals surface area contributed by atoms with Gasteiger partial charge < -0.3 is 24.5 Å². The minimum Gasteiger partial charge on any atom is -0.548 e. The van der Waals surface area contributed by atoms with Gasteiger partial charge in [0.1, 0.15) is 11.8 Å². The van der Waals surface area contributed by atoms with Crippen molar-refractivity contribution in [1.29, 1.82) is 0 Å². The number of hydrogen-bond acceptors (Lipinski definition) is 10. The molecule has 11 nitrogen and oxygen atoms in total. The summed E-state index contributed by atoms with van der Waals surface area (Å²) in [6, 6.07) is 1.02. The topological polar surface area (TPSA) is 167 Å². The average Bonchev–Trinajstić information content (AvgIpc) is 3.55. The summed E-state index contributed by atoms with van der Waals surface area (Å²) < 4.78 is 51.3. The number of aliphatic hydroxyl groups is 1. The van der Waals surface area contributed by atoms with Crippen LogP contribution in [0.25, 0.3) is 0 Å². The van der Waals surface area contributed by atoms with E-state index in [4.69, 9.17) is 4.42 Å². The predicted molar refractivity (Wildman–Crippen MR) is 123 cm³/mol. The van der Waals surface area contributed by atoms with Gasteiger partial charge in [0, 0.05) is 22.3 Å². The molecule has 180 valence electrons. The molecular weight excluding hydrogens is 490 g/mol. The van der Waals surface area contributed by atoms with Crippen LogP contribution in [-0.2, 0) is 10.0 Å². The highest BCUT2D eigenvalue weighted by molar-refractivity contribution is 7.91. The molecule has 0 amide bonds. The van der Waals surface area contributed by atoms with Crippen molar-refractivity contribution in [3.63, 3.8) is 0 Å². The van der Waals surface area contributed by atoms with E-state index in [1.54, 1.807) is 6.26 Å². The Bertz CT molecular complexity index is 1290. The lowest BCUT2D eigenvalue weighted by Crippen LogP contribution is -2.37. The third kappa shape index (κ3) is 4.72. The summed E-state index contributed by atoms with van der Waals surface area (Å²) in [6.07, 6.45) is 3.45. The Kier molecular flexibility index (Phi) is 6.93. The lowest BCUT2D eigenvalue weighted by Gasteiger charge is -2.21. The van der Waals surface area contributed by atoms with E-state index in [1.165, 1.54) is 9.69 Å². The number of aliphatic hydroxyl groups excluding tert-OH is 1. The first-order valence-corrected chi connectivity index (χ1v) is 13.8. The van der Waals surface area contributed by atoms with E-state index >= 15 is 0 Å². The van der Waals surface area contributed by atoms with Crippen LogP contribution in [0.4, 0.5) is 11.5 Å². The second kappa shape index (κ2) is 9.56. The maximum absolute atomic E-state index is 13.0. The molecule has 3 aromatic heterocycles. The van der Waals surface area contributed by atoms with Crippen LogP contribution in [-0.4, -0.2) is 55.4 Å². The molecule has 4 heterocycles. The number of nitrogens with one attached hydrogen (secondary N) is 2. The molecule has 0 aliphatic carbocycles. The van der Waals surface area contributed by atoms with E-state index < -0.39 is 33.0 Å². The molecule has 4 rings (SSSR count). The van der Waals surface area contributed by atoms with Crippen molar-refractivity contribution in [2.45, 2.75) is 49.4 Å². The van der Waals surface area contributed by atoms with E-state index in [0.29, 0.717) is 25.0 Å². The van der Waals surface area contributed by atoms with Gasteiger partial charge in [-0.05, 0) is 37.8 Å². The highest BCUT2D eigenvalue weighted by Crippen LogP contribution is 2.41. The molecule has 1 aliphatic rings. The number of furan rings is 1. The molecule has 0 aromatic carbocycles. The zero-order chi connectivity index (χ0) is 23.8. The van der Waals surface area contributed by atoms with Crippen LogP contribution in [0.3, 0.4) is 0 Å². The highest BCUT2D eigenvalue weighted by atomic mass is 32.2. The van der Waals surface area contributed by atoms with E-state index in [-0.39, 0.29) is 40.4 Å². The van der Waals surface area contributed by atoms with Crippen LogP contribution in [0.2, 0.25) is 0 Å². The van der Waals surface area contributed by atoms with Crippen LogP contribution < -0.4 is 10.8 Å². The number of aromatic amines is 1. The molecule has 0 radical (unpaired) electrons. The number of nitrogens with zero attached hydrogens (tertiary/aromatic N) is 3. The fraction of sp³-hybridized carbons (Fsp3) is 0.474. The van der Waals surface area contributed by atoms with Crippen molar-refractivity contribution >= 4 is 44.0 Å². The Balaban J connectivity index is 1.64. The zero-order valence-corrected chi connectivity index (χ0v) is 20.5. The molecule has 0 saturated carbocycles. The molecule has 3 aromatic rings. The molecule has 4 N–H and O–H groups in total. The molecule has 0 bridgehead atoms. The SMILES string of the molecule is CC[C@@H](N=c1[nH][s+]([O-])nc1Nc1csc(S(=O)(=O)N2CCCC2CO)c1O)c1cc(C)co1. The number of aromatic hydroxyl groups is 1. The number of thiophene rings is 1. The van der Waals surface area contributed by atoms with E-state index in [0.717, 1.165) is 16.9 Å². The van der Waals surface area contributed by atoms with E-state index in [9.17, 15) is 23.2 Å². The number of aromatic nitrogens is 2. The van der Waals surface area contributed by atoms with Gasteiger partial charge in [-0.1, -0.05) is 6.92 Å². The molecule has 33 heavy (non-hydrogen) atoms. The molecule has 1 aliphatic heterocycles. The van der Waals surface area contributed by atoms with Gasteiger partial charge in [0.25, 0.3) is 10.0 Å². The maximum Gasteiger partial charge on any atom is 0.256 e. The highest BCUT2D eigenvalue weighted by Gasteiger charge is 2.38. The second-order valence-corrected chi connectivity index (χ2v) is 11.6. The van der Waals surface area contributed by atoms with E-state index in [1.807, 2.05) is 19.9 Å². The quantitative estimate of drug-likeness (QED) is 0.332. The van der Waals surface area contributed by atoms with Crippen molar-refractivity contribution in [3.05, 3.63) is 34.5 Å². The molecule has 14 heteroatoms. The Hall–Kier alpha value is -2.23. The van der Waals surface area contributed by atoms with Crippen LogP contribution in [0, 0.1) is 6.92 Å². The van der Waals surface area contributed by atoms with Gasteiger partial charge in [0.05, 0.1) is 18.6 Å². The summed E-state index contributed by atoms with van der Waals surface area (Å²) in [5.41, 5.74) is 1.27. The number of hydrogen-bond donors (Lipinski definition) is 4. The van der Waals surface area contributed by atoms with Gasteiger partial charge in [0.15, 0.2) is 21.1 Å². The number of anilines is 2. The predicted octanol–water partition coefficient (Wildman–Crippen LogP) is 2.75. The zero-order valence-electron chi connectivity index (χ0n) is 18.0. The Labute approximate surface area is 197 Å². The van der Waals surface area contributed by atoms with E-state index in [2.05, 4.69) is 19.1 Å². The summed E-state index contributed by atoms with van der Waals surface area (Å²) in [4.78, 5) is 4.57. The van der Waals surface area contributed by atoms with Crippen molar-refractivity contribution < 1.29 is 27.6 Å². The maximum atomic E-state index is 13.0. The first kappa shape index (κ1) is 23.9. The monoisotopic (exact) mass is 515 g/mol. The Morgan fingerprint density at radius 2 is 2.33 bits per heavy atom. The summed E-state index contributed by atoms with van der Waals surface area (Å²) in [7, 11) is -3.98. The summed E-state index contributed by atoms with van der Waals surface area (Å²) >= 11 is -0.913. The van der Waals surface area contributed by atoms with Gasteiger partial charge in [-0.2, -0.15) is 4.31 Å². The Morgan fingerprint density at radius 1 is 1.55 bits per heavy atom. The standard InChI is InChI=1S/C19H25N5O6S3/c1-3-13(15-7-11(2)9-30-15)20-17-18(23-32(27)22-17)21-14-10-31-19(16(14)26)33(28,29)24-6-4-5-12(24)8-25/h7,9-10,12-13,25-26H,3-6,8H2,1-2H3,(H,20,22)(H,21,23)/t12?,13-,32?/m1/s1. The van der Waals surface area contributed by atoms with Crippen molar-refractivity contribution in [2.24, 2.45) is 4.99 Å². The van der Waals surface area contributed by atoms with Gasteiger partial charge in [-0.25, -0.2) is 13.4 Å². The minimum absolute atomic E-state index is 0.104. The fourth-order valence-corrected chi connectivity index (χ4v) is 7.43. The third-order valence-corrected chi connectivity index (χ3v) is 9.55. The summed E-state index contributed by atoms with van der Waals surface area (Å²) in [6.45, 7) is 3.84. The number of rotatable bonds is 8. The van der Waals surface area contributed by atoms with Crippen molar-refractivity contribution in [1.82, 2.24) is 13.1 Å². The first-order valence-electron chi connectivity index (χ1n) is 10.3. The number of H-pyrrole nitrogens is 1. The largest absolute Gasteiger partial charge is 0.548 e. The van der Waals surface area contributed by atoms with Gasteiger partial charge in [-0.3, -0.25) is 0 Å². The first-order chi connectivity index (χ1) is 15.7. The van der Waals surface area contributed by atoms with Crippen LogP contribution in [0.1, 0.15) is 43.6 Å². The molecule has 1 fully saturated rings. The molecule has 0 spiro atoms. The van der Waals surface area contributed by atoms with Crippen LogP contribution in [0.5, 0.6) is 5.75 Å². The smallest absolute Gasteiger partial charge is 0.256 e. The number of aryl methyl sites for hydroxylation is 1. The average molecular weight is 516 g/mol.